The van der Waals surface area contributed by atoms with Crippen LogP contribution in [0.4, 0.5) is 5.82 Å². The number of anilines is 1. The average Bonchev–Trinajstić information content (AvgIpc) is 2.99. The summed E-state index contributed by atoms with van der Waals surface area (Å²) in [7, 11) is 2.20. The Hall–Kier alpha value is -2.09. The number of nitrogen functional groups attached to an aromatic ring is 1. The number of nitrogens with one attached hydrogen (secondary N) is 1. The first-order valence-electron chi connectivity index (χ1n) is 11.1. The first kappa shape index (κ1) is 21.6. The highest BCUT2D eigenvalue weighted by atomic mass is 16.5. The van der Waals surface area contributed by atoms with Crippen LogP contribution >= 0.6 is 0 Å². The third-order valence-corrected chi connectivity index (χ3v) is 5.96. The summed E-state index contributed by atoms with van der Waals surface area (Å²) >= 11 is 0. The number of aromatic nitrogens is 4. The van der Waals surface area contributed by atoms with Gasteiger partial charge < -0.3 is 20.4 Å². The fourth-order valence-corrected chi connectivity index (χ4v) is 4.17. The van der Waals surface area contributed by atoms with Gasteiger partial charge in [0.15, 0.2) is 11.5 Å². The Bertz CT molecular complexity index is 838. The second-order valence-electron chi connectivity index (χ2n) is 8.48. The summed E-state index contributed by atoms with van der Waals surface area (Å²) in [5, 5.41) is 0. The molecule has 8 heteroatoms. The second kappa shape index (κ2) is 10.1. The molecule has 1 atom stereocenters. The van der Waals surface area contributed by atoms with Crippen LogP contribution in [0.2, 0.25) is 0 Å². The molecule has 2 aromatic rings. The summed E-state index contributed by atoms with van der Waals surface area (Å²) in [6.07, 6.45) is 9.14. The summed E-state index contributed by atoms with van der Waals surface area (Å²) in [5.41, 5.74) is 6.89. The lowest BCUT2D eigenvalue weighted by Crippen LogP contribution is -2.30. The number of aromatic amines is 1. The van der Waals surface area contributed by atoms with Gasteiger partial charge in [0.2, 0.25) is 0 Å². The predicted octanol–water partition coefficient (Wildman–Crippen LogP) is 3.17. The lowest BCUT2D eigenvalue weighted by molar-refractivity contribution is 0.193. The molecule has 0 unspecified atom stereocenters. The first-order valence-corrected chi connectivity index (χ1v) is 11.1. The van der Waals surface area contributed by atoms with Crippen molar-refractivity contribution in [3.05, 3.63) is 10.5 Å². The van der Waals surface area contributed by atoms with Gasteiger partial charge in [-0.3, -0.25) is 4.57 Å². The van der Waals surface area contributed by atoms with Gasteiger partial charge in [0.1, 0.15) is 5.52 Å². The third-order valence-electron chi connectivity index (χ3n) is 5.96. The van der Waals surface area contributed by atoms with Gasteiger partial charge in [-0.15, -0.1) is 0 Å². The number of piperidine rings is 1. The first-order chi connectivity index (χ1) is 14.0. The molecule has 0 radical (unpaired) electrons. The minimum absolute atomic E-state index is 0.00976. The van der Waals surface area contributed by atoms with Crippen LogP contribution in [0.5, 0.6) is 6.01 Å². The smallest absolute Gasteiger partial charge is 0.327 e. The van der Waals surface area contributed by atoms with Gasteiger partial charge in [-0.2, -0.15) is 9.97 Å². The van der Waals surface area contributed by atoms with Crippen LogP contribution in [-0.4, -0.2) is 50.7 Å². The number of H-pyrrole nitrogens is 1. The highest BCUT2D eigenvalue weighted by Crippen LogP contribution is 2.23. The molecule has 3 N–H and O–H groups in total. The number of hydrogen-bond acceptors (Lipinski definition) is 6. The van der Waals surface area contributed by atoms with Gasteiger partial charge in [-0.25, -0.2) is 4.79 Å². The maximum atomic E-state index is 12.4. The van der Waals surface area contributed by atoms with E-state index in [4.69, 9.17) is 10.5 Å². The third kappa shape index (κ3) is 5.72. The van der Waals surface area contributed by atoms with E-state index in [1.54, 1.807) is 4.57 Å². The molecule has 8 nitrogen and oxygen atoms in total. The van der Waals surface area contributed by atoms with Crippen LogP contribution in [0.15, 0.2) is 4.79 Å². The summed E-state index contributed by atoms with van der Waals surface area (Å²) in [5.74, 6) is 1.12. The summed E-state index contributed by atoms with van der Waals surface area (Å²) in [4.78, 5) is 26.3. The number of ether oxygens (including phenoxy) is 1. The molecule has 2 aromatic heterocycles. The summed E-state index contributed by atoms with van der Waals surface area (Å²) in [6.45, 7) is 7.17. The van der Waals surface area contributed by atoms with E-state index in [2.05, 4.69) is 33.8 Å². The predicted molar refractivity (Wildman–Crippen MR) is 116 cm³/mol. The molecule has 0 bridgehead atoms. The van der Waals surface area contributed by atoms with E-state index in [0.717, 1.165) is 31.6 Å². The maximum absolute atomic E-state index is 12.4. The van der Waals surface area contributed by atoms with Gasteiger partial charge in [-0.05, 0) is 58.7 Å². The van der Waals surface area contributed by atoms with Crippen LogP contribution in [0.3, 0.4) is 0 Å². The molecule has 3 heterocycles. The largest absolute Gasteiger partial charge is 0.460 e. The molecule has 162 valence electrons. The average molecular weight is 405 g/mol. The molecule has 1 aliphatic heterocycles. The number of unbranched alkanes of at least 4 members (excludes halogenated alkanes) is 2. The van der Waals surface area contributed by atoms with Crippen molar-refractivity contribution in [3.63, 3.8) is 0 Å². The van der Waals surface area contributed by atoms with E-state index in [1.807, 2.05) is 6.92 Å². The number of likely N-dealkylation sites (tertiary alicyclic amines) is 1. The second-order valence-corrected chi connectivity index (χ2v) is 8.48. The van der Waals surface area contributed by atoms with E-state index in [0.29, 0.717) is 17.7 Å². The van der Waals surface area contributed by atoms with Crippen molar-refractivity contribution in [2.75, 3.05) is 25.9 Å². The number of nitrogens with two attached hydrogens (primary N) is 1. The zero-order valence-corrected chi connectivity index (χ0v) is 18.1. The number of hydrogen-bond donors (Lipinski definition) is 2. The van der Waals surface area contributed by atoms with Crippen LogP contribution in [0, 0.1) is 5.92 Å². The van der Waals surface area contributed by atoms with Crippen molar-refractivity contribution in [1.29, 1.82) is 0 Å². The van der Waals surface area contributed by atoms with E-state index in [9.17, 15) is 4.79 Å². The van der Waals surface area contributed by atoms with Crippen molar-refractivity contribution in [2.24, 2.45) is 5.92 Å². The zero-order valence-electron chi connectivity index (χ0n) is 18.1. The number of aryl methyl sites for hydroxylation is 1. The monoisotopic (exact) mass is 404 g/mol. The highest BCUT2D eigenvalue weighted by molar-refractivity contribution is 5.81. The van der Waals surface area contributed by atoms with Crippen LogP contribution in [0.25, 0.3) is 11.2 Å². The minimum Gasteiger partial charge on any atom is -0.460 e. The Kier molecular flexibility index (Phi) is 7.52. The quantitative estimate of drug-likeness (QED) is 0.590. The molecular weight excluding hydrogens is 368 g/mol. The number of fused-ring (bicyclic) bond motifs is 1. The van der Waals surface area contributed by atoms with E-state index in [1.165, 1.54) is 38.8 Å². The van der Waals surface area contributed by atoms with E-state index >= 15 is 0 Å². The lowest BCUT2D eigenvalue weighted by Gasteiger charge is -2.28. The van der Waals surface area contributed by atoms with Crippen LogP contribution in [-0.2, 0) is 6.54 Å². The van der Waals surface area contributed by atoms with E-state index < -0.39 is 0 Å². The van der Waals surface area contributed by atoms with Gasteiger partial charge >= 0.3 is 11.7 Å². The van der Waals surface area contributed by atoms with Gasteiger partial charge in [-0.1, -0.05) is 32.6 Å². The molecule has 0 saturated carbocycles. The van der Waals surface area contributed by atoms with E-state index in [-0.39, 0.29) is 23.6 Å². The Labute approximate surface area is 172 Å². The Balaban J connectivity index is 1.57. The van der Waals surface area contributed by atoms with Crippen molar-refractivity contribution < 1.29 is 4.74 Å². The molecule has 0 spiro atoms. The molecule has 0 amide bonds. The highest BCUT2D eigenvalue weighted by Gasteiger charge is 2.17. The van der Waals surface area contributed by atoms with Gasteiger partial charge in [0.25, 0.3) is 0 Å². The number of nitrogens with zero attached hydrogens (tertiary/aromatic N) is 4. The van der Waals surface area contributed by atoms with Gasteiger partial charge in [0, 0.05) is 6.54 Å². The molecule has 29 heavy (non-hydrogen) atoms. The molecule has 0 aromatic carbocycles. The van der Waals surface area contributed by atoms with Crippen molar-refractivity contribution in [1.82, 2.24) is 24.4 Å². The molecule has 1 saturated heterocycles. The normalized spacial score (nSPS) is 17.1. The SMILES string of the molecule is CCC[C@H](C)Oc1nc(N)c2[nH]c(=O)n(CCCCCC3CCN(C)CC3)c2n1. The van der Waals surface area contributed by atoms with Gasteiger partial charge in [0.05, 0.1) is 6.10 Å². The molecule has 0 aliphatic carbocycles. The molecular formula is C21H36N6O2. The summed E-state index contributed by atoms with van der Waals surface area (Å²) in [6, 6.07) is 0.242. The van der Waals surface area contributed by atoms with Crippen LogP contribution < -0.4 is 16.2 Å². The zero-order chi connectivity index (χ0) is 20.8. The Morgan fingerprint density at radius 3 is 2.72 bits per heavy atom. The molecule has 1 aliphatic rings. The Morgan fingerprint density at radius 2 is 2.00 bits per heavy atom. The number of imidazole rings is 1. The van der Waals surface area contributed by atoms with Crippen molar-refractivity contribution in [3.8, 4) is 6.01 Å². The summed E-state index contributed by atoms with van der Waals surface area (Å²) < 4.78 is 7.46. The fraction of sp³-hybridized carbons (Fsp3) is 0.762. The number of rotatable bonds is 10. The lowest BCUT2D eigenvalue weighted by atomic mass is 9.91. The topological polar surface area (TPSA) is 102 Å². The van der Waals surface area contributed by atoms with Crippen LogP contribution in [0.1, 0.15) is 65.2 Å². The maximum Gasteiger partial charge on any atom is 0.327 e. The molecule has 3 rings (SSSR count). The van der Waals surface area contributed by atoms with Crippen molar-refractivity contribution >= 4 is 17.0 Å². The Morgan fingerprint density at radius 1 is 1.24 bits per heavy atom. The minimum atomic E-state index is -0.185. The molecule has 1 fully saturated rings. The fourth-order valence-electron chi connectivity index (χ4n) is 4.17. The standard InChI is InChI=1S/C21H36N6O2/c1-4-8-15(2)29-20-24-18(22)17-19(25-20)27(21(28)23-17)12-7-5-6-9-16-10-13-26(3)14-11-16/h15-16H,4-14H2,1-3H3,(H,23,28)(H2,22,24,25)/t15-/m0/s1. The van der Waals surface area contributed by atoms with Crippen molar-refractivity contribution in [2.45, 2.75) is 77.9 Å².